The third kappa shape index (κ3) is 8.11. The molecule has 0 aliphatic rings. The van der Waals surface area contributed by atoms with Crippen LogP contribution in [-0.4, -0.2) is 34.1 Å². The van der Waals surface area contributed by atoms with Gasteiger partial charge in [0, 0.05) is 11.8 Å². The van der Waals surface area contributed by atoms with Crippen LogP contribution in [0.15, 0.2) is 36.4 Å². The molecule has 7 nitrogen and oxygen atoms in total. The highest BCUT2D eigenvalue weighted by Crippen LogP contribution is 2.29. The Morgan fingerprint density at radius 3 is 1.39 bits per heavy atom. The quantitative estimate of drug-likeness (QED) is 0.348. The minimum Gasteiger partial charge on any atom is -0.481 e. The molecule has 0 fully saturated rings. The Labute approximate surface area is 196 Å². The van der Waals surface area contributed by atoms with E-state index in [-0.39, 0.29) is 21.2 Å². The van der Waals surface area contributed by atoms with Crippen LogP contribution in [0.4, 0.5) is 8.78 Å². The van der Waals surface area contributed by atoms with Crippen LogP contribution in [0.5, 0.6) is 0 Å². The zero-order valence-corrected chi connectivity index (χ0v) is 18.4. The molecule has 2 N–H and O–H groups in total. The lowest BCUT2D eigenvalue weighted by molar-refractivity contribution is -0.160. The van der Waals surface area contributed by atoms with Gasteiger partial charge in [0.2, 0.25) is 0 Å². The Morgan fingerprint density at radius 2 is 1.09 bits per heavy atom. The highest BCUT2D eigenvalue weighted by Gasteiger charge is 2.26. The molecule has 0 aliphatic heterocycles. The van der Waals surface area contributed by atoms with Crippen molar-refractivity contribution in [2.45, 2.75) is 37.5 Å². The summed E-state index contributed by atoms with van der Waals surface area (Å²) < 4.78 is 32.2. The van der Waals surface area contributed by atoms with Gasteiger partial charge in [-0.15, -0.1) is 0 Å². The van der Waals surface area contributed by atoms with Crippen LogP contribution in [0.1, 0.15) is 48.6 Å². The van der Waals surface area contributed by atoms with Gasteiger partial charge in [-0.1, -0.05) is 35.3 Å². The fourth-order valence-electron chi connectivity index (χ4n) is 3.18. The number of carbonyl (C=O) groups excluding carboxylic acids is 2. The zero-order valence-electron chi connectivity index (χ0n) is 16.9. The highest BCUT2D eigenvalue weighted by atomic mass is 35.5. The van der Waals surface area contributed by atoms with Gasteiger partial charge in [-0.3, -0.25) is 19.2 Å². The first-order chi connectivity index (χ1) is 15.5. The summed E-state index contributed by atoms with van der Waals surface area (Å²) in [6.45, 7) is 0. The maximum Gasteiger partial charge on any atom is 0.314 e. The minimum absolute atomic E-state index is 0.170. The van der Waals surface area contributed by atoms with E-state index < -0.39 is 73.0 Å². The summed E-state index contributed by atoms with van der Waals surface area (Å²) in [6.07, 6.45) is -2.21. The molecule has 2 atom stereocenters. The third-order valence-corrected chi connectivity index (χ3v) is 5.34. The lowest BCUT2D eigenvalue weighted by Gasteiger charge is -2.17. The van der Waals surface area contributed by atoms with Crippen LogP contribution in [0.2, 0.25) is 10.0 Å². The normalized spacial score (nSPS) is 12.6. The second-order valence-electron chi connectivity index (χ2n) is 7.19. The molecule has 0 bridgehead atoms. The molecule has 0 spiro atoms. The molecular weight excluding hydrogens is 485 g/mol. The van der Waals surface area contributed by atoms with E-state index in [1.807, 2.05) is 0 Å². The molecular formula is C22H18Cl2F2O7. The number of rotatable bonds is 10. The molecule has 0 aliphatic carbocycles. The second kappa shape index (κ2) is 11.7. The van der Waals surface area contributed by atoms with Crippen LogP contribution in [0.25, 0.3) is 0 Å². The molecule has 2 aromatic carbocycles. The maximum atomic E-state index is 13.8. The van der Waals surface area contributed by atoms with Crippen molar-refractivity contribution in [2.75, 3.05) is 0 Å². The van der Waals surface area contributed by atoms with Crippen LogP contribution in [-0.2, 0) is 23.9 Å². The van der Waals surface area contributed by atoms with Crippen molar-refractivity contribution >= 4 is 47.1 Å². The van der Waals surface area contributed by atoms with E-state index in [0.717, 1.165) is 12.1 Å². The molecule has 176 valence electrons. The fourth-order valence-corrected chi connectivity index (χ4v) is 3.42. The van der Waals surface area contributed by atoms with Gasteiger partial charge in [0.05, 0.1) is 35.7 Å². The van der Waals surface area contributed by atoms with Crippen LogP contribution < -0.4 is 0 Å². The second-order valence-corrected chi connectivity index (χ2v) is 8.01. The van der Waals surface area contributed by atoms with E-state index in [2.05, 4.69) is 0 Å². The van der Waals surface area contributed by atoms with Crippen LogP contribution in [0.3, 0.4) is 0 Å². The molecule has 2 rings (SSSR count). The number of esters is 2. The predicted octanol–water partition coefficient (Wildman–Crippen LogP) is 4.94. The van der Waals surface area contributed by atoms with Crippen LogP contribution >= 0.6 is 23.2 Å². The summed E-state index contributed by atoms with van der Waals surface area (Å²) in [5, 5.41) is 17.8. The highest BCUT2D eigenvalue weighted by molar-refractivity contribution is 6.31. The molecule has 33 heavy (non-hydrogen) atoms. The number of aliphatic carboxylic acids is 2. The summed E-state index contributed by atoms with van der Waals surface area (Å²) >= 11 is 11.2. The molecule has 0 saturated heterocycles. The third-order valence-electron chi connectivity index (χ3n) is 4.73. The smallest absolute Gasteiger partial charge is 0.314 e. The van der Waals surface area contributed by atoms with Gasteiger partial charge >= 0.3 is 23.9 Å². The van der Waals surface area contributed by atoms with Crippen molar-refractivity contribution in [3.8, 4) is 0 Å². The monoisotopic (exact) mass is 502 g/mol. The van der Waals surface area contributed by atoms with Crippen molar-refractivity contribution in [1.82, 2.24) is 0 Å². The van der Waals surface area contributed by atoms with Crippen molar-refractivity contribution in [2.24, 2.45) is 0 Å². The van der Waals surface area contributed by atoms with Crippen molar-refractivity contribution in [1.29, 1.82) is 0 Å². The standard InChI is InChI=1S/C22H18Cl2F2O7/c23-15-3-1-11(5-17(15)25)13(7-19(27)28)9-21(31)33-22(32)10-14(8-20(29)30)12-2-4-16(24)18(26)6-12/h1-6,13-14H,7-10H2,(H,27,28)(H,29,30). The van der Waals surface area contributed by atoms with Crippen molar-refractivity contribution in [3.63, 3.8) is 0 Å². The number of hydrogen-bond acceptors (Lipinski definition) is 5. The summed E-state index contributed by atoms with van der Waals surface area (Å²) in [5.41, 5.74) is 0.341. The van der Waals surface area contributed by atoms with Gasteiger partial charge in [-0.2, -0.15) is 0 Å². The van der Waals surface area contributed by atoms with E-state index in [0.29, 0.717) is 0 Å². The van der Waals surface area contributed by atoms with E-state index in [1.54, 1.807) is 0 Å². The van der Waals surface area contributed by atoms with Gasteiger partial charge in [0.15, 0.2) is 0 Å². The van der Waals surface area contributed by atoms with Crippen LogP contribution in [0, 0.1) is 11.6 Å². The number of hydrogen-bond donors (Lipinski definition) is 2. The molecule has 0 saturated carbocycles. The Hall–Kier alpha value is -3.04. The summed E-state index contributed by atoms with van der Waals surface area (Å²) in [7, 11) is 0. The summed E-state index contributed by atoms with van der Waals surface area (Å²) in [4.78, 5) is 46.8. The minimum atomic E-state index is -1.26. The van der Waals surface area contributed by atoms with E-state index >= 15 is 0 Å². The van der Waals surface area contributed by atoms with Gasteiger partial charge in [-0.25, -0.2) is 8.78 Å². The molecule has 11 heteroatoms. The Morgan fingerprint density at radius 1 is 0.727 bits per heavy atom. The molecule has 0 amide bonds. The first-order valence-corrected chi connectivity index (χ1v) is 10.3. The van der Waals surface area contributed by atoms with Gasteiger partial charge in [-0.05, 0) is 35.4 Å². The number of carboxylic acid groups (broad SMARTS) is 2. The zero-order chi connectivity index (χ0) is 24.7. The first-order valence-electron chi connectivity index (χ1n) is 9.53. The van der Waals surface area contributed by atoms with E-state index in [4.69, 9.17) is 38.2 Å². The number of carbonyl (C=O) groups is 4. The largest absolute Gasteiger partial charge is 0.481 e. The molecule has 0 radical (unpaired) electrons. The first kappa shape index (κ1) is 26.2. The summed E-state index contributed by atoms with van der Waals surface area (Å²) in [5.74, 6) is -8.32. The number of benzene rings is 2. The number of ether oxygens (including phenoxy) is 1. The number of carboxylic acids is 2. The van der Waals surface area contributed by atoms with E-state index in [1.165, 1.54) is 24.3 Å². The van der Waals surface area contributed by atoms with Gasteiger partial charge in [0.1, 0.15) is 11.6 Å². The van der Waals surface area contributed by atoms with Crippen molar-refractivity contribution < 1.29 is 42.9 Å². The molecule has 2 aromatic rings. The Bertz CT molecular complexity index is 991. The van der Waals surface area contributed by atoms with Gasteiger partial charge < -0.3 is 14.9 Å². The Balaban J connectivity index is 2.11. The topological polar surface area (TPSA) is 118 Å². The van der Waals surface area contributed by atoms with Gasteiger partial charge in [0.25, 0.3) is 0 Å². The fraction of sp³-hybridized carbons (Fsp3) is 0.273. The predicted molar refractivity (Wildman–Crippen MR) is 113 cm³/mol. The lowest BCUT2D eigenvalue weighted by Crippen LogP contribution is -2.20. The van der Waals surface area contributed by atoms with Crippen molar-refractivity contribution in [3.05, 3.63) is 69.2 Å². The summed E-state index contributed by atoms with van der Waals surface area (Å²) in [6, 6.07) is 7.10. The SMILES string of the molecule is O=C(O)CC(CC(=O)OC(=O)CC(CC(=O)O)c1ccc(Cl)c(F)c1)c1ccc(Cl)c(F)c1. The number of halogens is 4. The van der Waals surface area contributed by atoms with E-state index in [9.17, 15) is 28.0 Å². The molecule has 2 unspecified atom stereocenters. The molecule has 0 aromatic heterocycles. The lowest BCUT2D eigenvalue weighted by atomic mass is 9.92. The maximum absolute atomic E-state index is 13.8. The average molecular weight is 503 g/mol. The average Bonchev–Trinajstić information content (AvgIpc) is 2.70. The molecule has 0 heterocycles. The Kier molecular flexibility index (Phi) is 9.31.